The lowest BCUT2D eigenvalue weighted by Crippen LogP contribution is -2.47. The van der Waals surface area contributed by atoms with Gasteiger partial charge >= 0.3 is 11.9 Å². The molecule has 0 spiro atoms. The number of nitrogens with zero attached hydrogens (tertiary/aromatic N) is 3. The fraction of sp³-hybridized carbons (Fsp3) is 0.462. The van der Waals surface area contributed by atoms with Crippen LogP contribution in [0.3, 0.4) is 0 Å². The Morgan fingerprint density at radius 3 is 2.87 bits per heavy atom. The van der Waals surface area contributed by atoms with Crippen LogP contribution in [0.5, 0.6) is 0 Å². The van der Waals surface area contributed by atoms with E-state index in [1.165, 1.54) is 23.5 Å². The van der Waals surface area contributed by atoms with Gasteiger partial charge in [0.1, 0.15) is 11.9 Å². The molecule has 1 saturated carbocycles. The summed E-state index contributed by atoms with van der Waals surface area (Å²) in [6.45, 7) is 3.91. The number of ether oxygens (including phenoxy) is 2. The fourth-order valence-electron chi connectivity index (χ4n) is 4.93. The second-order valence-electron chi connectivity index (χ2n) is 9.64. The summed E-state index contributed by atoms with van der Waals surface area (Å²) in [7, 11) is 0. The van der Waals surface area contributed by atoms with Gasteiger partial charge in [-0.05, 0) is 43.9 Å². The van der Waals surface area contributed by atoms with Crippen LogP contribution in [0.1, 0.15) is 42.8 Å². The minimum atomic E-state index is -0.767. The molecule has 2 N–H and O–H groups in total. The van der Waals surface area contributed by atoms with Gasteiger partial charge in [-0.15, -0.1) is 11.3 Å². The van der Waals surface area contributed by atoms with Crippen molar-refractivity contribution in [1.29, 1.82) is 0 Å². The van der Waals surface area contributed by atoms with Crippen molar-refractivity contribution in [1.82, 2.24) is 15.2 Å². The maximum Gasteiger partial charge on any atom is 0.338 e. The van der Waals surface area contributed by atoms with Crippen molar-refractivity contribution in [2.24, 2.45) is 10.4 Å². The van der Waals surface area contributed by atoms with Crippen LogP contribution < -0.4 is 5.32 Å². The Bertz CT molecular complexity index is 1280. The van der Waals surface area contributed by atoms with E-state index < -0.39 is 29.2 Å². The Morgan fingerprint density at radius 2 is 2.21 bits per heavy atom. The second-order valence-corrected chi connectivity index (χ2v) is 11.4. The van der Waals surface area contributed by atoms with Crippen LogP contribution in [0, 0.1) is 11.2 Å². The first-order chi connectivity index (χ1) is 18.3. The van der Waals surface area contributed by atoms with E-state index in [9.17, 15) is 19.1 Å². The van der Waals surface area contributed by atoms with Crippen LogP contribution in [-0.2, 0) is 19.1 Å². The molecule has 2 aliphatic heterocycles. The number of carboxylic acid groups (broad SMARTS) is 1. The third kappa shape index (κ3) is 5.68. The van der Waals surface area contributed by atoms with E-state index in [1.807, 2.05) is 5.38 Å². The Morgan fingerprint density at radius 1 is 1.39 bits per heavy atom. The molecule has 38 heavy (non-hydrogen) atoms. The van der Waals surface area contributed by atoms with Gasteiger partial charge < -0.3 is 19.9 Å². The highest BCUT2D eigenvalue weighted by atomic mass is 79.9. The summed E-state index contributed by atoms with van der Waals surface area (Å²) in [4.78, 5) is 36.4. The smallest absolute Gasteiger partial charge is 0.338 e. The van der Waals surface area contributed by atoms with Crippen LogP contribution in [0.4, 0.5) is 4.39 Å². The van der Waals surface area contributed by atoms with Gasteiger partial charge in [-0.1, -0.05) is 22.0 Å². The number of carboxylic acids is 1. The minimum Gasteiger partial charge on any atom is -0.481 e. The van der Waals surface area contributed by atoms with E-state index in [1.54, 1.807) is 19.2 Å². The standard InChI is InChI=1S/C26H28BrFN4O5S/c1-2-36-24(33)20-19(14-32-8-9-37-16(13-32)12-26(5-6-26)25(34)35)30-22(23-29-7-10-38-23)31-21(20)17-4-3-15(28)11-18(17)27/h3-4,7,10-11,16,21H,2,5-6,8-9,12-14H2,1H3,(H,30,31)(H,34,35)/t16?,21-/m0/s1. The van der Waals surface area contributed by atoms with Crippen LogP contribution >= 0.6 is 27.3 Å². The molecule has 9 nitrogen and oxygen atoms in total. The molecule has 3 heterocycles. The number of aliphatic carboxylic acids is 1. The van der Waals surface area contributed by atoms with Crippen LogP contribution in [-0.4, -0.2) is 71.7 Å². The number of carbonyl (C=O) groups excluding carboxylic acids is 1. The Hall–Kier alpha value is -2.67. The van der Waals surface area contributed by atoms with Gasteiger partial charge in [0, 0.05) is 41.4 Å². The number of thiazole rings is 1. The average molecular weight is 608 g/mol. The summed E-state index contributed by atoms with van der Waals surface area (Å²) in [6.07, 6.45) is 3.27. The molecule has 5 rings (SSSR count). The number of esters is 1. The average Bonchev–Trinajstić information content (AvgIpc) is 3.45. The van der Waals surface area contributed by atoms with E-state index in [-0.39, 0.29) is 12.7 Å². The zero-order chi connectivity index (χ0) is 26.9. The summed E-state index contributed by atoms with van der Waals surface area (Å²) in [6, 6.07) is 3.55. The first-order valence-corrected chi connectivity index (χ1v) is 14.1. The monoisotopic (exact) mass is 606 g/mol. The Kier molecular flexibility index (Phi) is 7.94. The highest BCUT2D eigenvalue weighted by Crippen LogP contribution is 2.50. The molecular formula is C26H28BrFN4O5S. The molecule has 3 aliphatic rings. The fourth-order valence-corrected chi connectivity index (χ4v) is 6.09. The lowest BCUT2D eigenvalue weighted by atomic mass is 9.94. The summed E-state index contributed by atoms with van der Waals surface area (Å²) in [5.41, 5.74) is 0.896. The van der Waals surface area contributed by atoms with E-state index in [0.717, 1.165) is 0 Å². The summed E-state index contributed by atoms with van der Waals surface area (Å²) in [5.74, 6) is -1.17. The SMILES string of the molecule is CCOC(=O)C1=C(CN2CCOC(CC3(C(=O)O)CC3)C2)NC(c2nccs2)=N[C@H]1c1ccc(F)cc1Br. The molecular weight excluding hydrogens is 579 g/mol. The number of benzene rings is 1. The van der Waals surface area contributed by atoms with Crippen molar-refractivity contribution in [2.45, 2.75) is 38.3 Å². The topological polar surface area (TPSA) is 113 Å². The van der Waals surface area contributed by atoms with Crippen molar-refractivity contribution in [2.75, 3.05) is 32.8 Å². The number of aromatic nitrogens is 1. The number of hydrogen-bond acceptors (Lipinski definition) is 9. The van der Waals surface area contributed by atoms with Crippen molar-refractivity contribution in [3.8, 4) is 0 Å². The number of amidine groups is 1. The second kappa shape index (κ2) is 11.2. The largest absolute Gasteiger partial charge is 0.481 e. The van der Waals surface area contributed by atoms with Gasteiger partial charge in [-0.25, -0.2) is 14.2 Å². The molecule has 1 aromatic carbocycles. The molecule has 0 amide bonds. The van der Waals surface area contributed by atoms with Crippen LogP contribution in [0.25, 0.3) is 0 Å². The number of nitrogens with one attached hydrogen (secondary N) is 1. The van der Waals surface area contributed by atoms with Crippen LogP contribution in [0.2, 0.25) is 0 Å². The molecule has 0 radical (unpaired) electrons. The van der Waals surface area contributed by atoms with E-state index in [2.05, 4.69) is 31.1 Å². The Balaban J connectivity index is 1.49. The van der Waals surface area contributed by atoms with E-state index in [0.29, 0.717) is 77.7 Å². The van der Waals surface area contributed by atoms with Gasteiger partial charge in [0.15, 0.2) is 10.8 Å². The molecule has 202 valence electrons. The van der Waals surface area contributed by atoms with Gasteiger partial charge in [0.25, 0.3) is 0 Å². The lowest BCUT2D eigenvalue weighted by molar-refractivity contribution is -0.146. The van der Waals surface area contributed by atoms with Gasteiger partial charge in [-0.3, -0.25) is 14.7 Å². The number of rotatable bonds is 9. The van der Waals surface area contributed by atoms with Gasteiger partial charge in [0.2, 0.25) is 0 Å². The van der Waals surface area contributed by atoms with E-state index >= 15 is 0 Å². The molecule has 12 heteroatoms. The molecule has 2 fully saturated rings. The maximum atomic E-state index is 13.9. The van der Waals surface area contributed by atoms with Crippen LogP contribution in [0.15, 0.2) is 50.5 Å². The molecule has 1 saturated heterocycles. The highest BCUT2D eigenvalue weighted by molar-refractivity contribution is 9.10. The summed E-state index contributed by atoms with van der Waals surface area (Å²) >= 11 is 4.86. The number of carbonyl (C=O) groups is 2. The van der Waals surface area contributed by atoms with Gasteiger partial charge in [-0.2, -0.15) is 0 Å². The molecule has 0 bridgehead atoms. The third-order valence-corrected chi connectivity index (χ3v) is 8.51. The van der Waals surface area contributed by atoms with Crippen molar-refractivity contribution in [3.63, 3.8) is 0 Å². The van der Waals surface area contributed by atoms with Gasteiger partial charge in [0.05, 0.1) is 30.3 Å². The normalized spacial score (nSPS) is 23.0. The number of halogens is 2. The number of morpholine rings is 1. The summed E-state index contributed by atoms with van der Waals surface area (Å²) < 4.78 is 25.8. The summed E-state index contributed by atoms with van der Waals surface area (Å²) in [5, 5.41) is 15.4. The number of aliphatic imine (C=N–C) groups is 1. The predicted octanol–water partition coefficient (Wildman–Crippen LogP) is 3.91. The lowest BCUT2D eigenvalue weighted by Gasteiger charge is -2.36. The van der Waals surface area contributed by atoms with Crippen molar-refractivity contribution >= 4 is 45.0 Å². The molecule has 1 unspecified atom stereocenters. The number of hydrogen-bond donors (Lipinski definition) is 2. The third-order valence-electron chi connectivity index (χ3n) is 7.04. The maximum absolute atomic E-state index is 13.9. The molecule has 1 aliphatic carbocycles. The molecule has 2 aromatic rings. The highest BCUT2D eigenvalue weighted by Gasteiger charge is 2.52. The molecule has 1 aromatic heterocycles. The zero-order valence-electron chi connectivity index (χ0n) is 20.8. The first-order valence-electron chi connectivity index (χ1n) is 12.5. The molecule has 2 atom stereocenters. The predicted molar refractivity (Wildman–Crippen MR) is 142 cm³/mol. The zero-order valence-corrected chi connectivity index (χ0v) is 23.2. The minimum absolute atomic E-state index is 0.187. The first kappa shape index (κ1) is 26.9. The van der Waals surface area contributed by atoms with Crippen molar-refractivity contribution in [3.05, 3.63) is 61.9 Å². The van der Waals surface area contributed by atoms with E-state index in [4.69, 9.17) is 14.5 Å². The quantitative estimate of drug-likeness (QED) is 0.413. The Labute approximate surface area is 231 Å². The van der Waals surface area contributed by atoms with Crippen molar-refractivity contribution < 1.29 is 28.6 Å².